The quantitative estimate of drug-likeness (QED) is 0.705. The van der Waals surface area contributed by atoms with Gasteiger partial charge in [-0.25, -0.2) is 0 Å². The van der Waals surface area contributed by atoms with Crippen molar-refractivity contribution in [1.82, 2.24) is 0 Å². The highest BCUT2D eigenvalue weighted by molar-refractivity contribution is 4.63. The molecule has 1 rings (SSSR count). The Kier molecular flexibility index (Phi) is 5.35. The van der Waals surface area contributed by atoms with Crippen LogP contribution in [0.15, 0.2) is 0 Å². The summed E-state index contributed by atoms with van der Waals surface area (Å²) in [6, 6.07) is 0.184. The number of nitrogens with two attached hydrogens (primary N) is 1. The third-order valence-corrected chi connectivity index (χ3v) is 2.43. The molecule has 2 N–H and O–H groups in total. The first-order valence-corrected chi connectivity index (χ1v) is 5.28. The summed E-state index contributed by atoms with van der Waals surface area (Å²) < 4.78 is 11.0. The summed E-state index contributed by atoms with van der Waals surface area (Å²) in [5.74, 6) is 0. The highest BCUT2D eigenvalue weighted by atomic mass is 16.5. The number of ether oxygens (including phenoxy) is 2. The highest BCUT2D eigenvalue weighted by Gasteiger charge is 2.13. The molecule has 2 unspecified atom stereocenters. The zero-order chi connectivity index (χ0) is 9.52. The van der Waals surface area contributed by atoms with Crippen molar-refractivity contribution in [3.63, 3.8) is 0 Å². The van der Waals surface area contributed by atoms with Crippen molar-refractivity contribution in [3.05, 3.63) is 0 Å². The Morgan fingerprint density at radius 3 is 3.00 bits per heavy atom. The van der Waals surface area contributed by atoms with Gasteiger partial charge in [-0.15, -0.1) is 0 Å². The molecular formula is C10H21NO2. The van der Waals surface area contributed by atoms with Crippen LogP contribution < -0.4 is 5.73 Å². The molecule has 3 nitrogen and oxygen atoms in total. The molecule has 0 aliphatic carbocycles. The van der Waals surface area contributed by atoms with Gasteiger partial charge >= 0.3 is 0 Å². The van der Waals surface area contributed by atoms with E-state index in [0.29, 0.717) is 19.3 Å². The van der Waals surface area contributed by atoms with Crippen LogP contribution in [0.1, 0.15) is 32.6 Å². The molecule has 1 heterocycles. The summed E-state index contributed by atoms with van der Waals surface area (Å²) in [4.78, 5) is 0. The van der Waals surface area contributed by atoms with Gasteiger partial charge in [0.2, 0.25) is 0 Å². The molecule has 3 heteroatoms. The molecule has 78 valence electrons. The second-order valence-electron chi connectivity index (χ2n) is 3.69. The van der Waals surface area contributed by atoms with Crippen molar-refractivity contribution >= 4 is 0 Å². The lowest BCUT2D eigenvalue weighted by molar-refractivity contribution is -0.0427. The van der Waals surface area contributed by atoms with Crippen molar-refractivity contribution in [3.8, 4) is 0 Å². The van der Waals surface area contributed by atoms with E-state index in [0.717, 1.165) is 19.4 Å². The maximum absolute atomic E-state index is 5.72. The molecular weight excluding hydrogens is 166 g/mol. The predicted octanol–water partition coefficient (Wildman–Crippen LogP) is 1.31. The minimum Gasteiger partial charge on any atom is -0.377 e. The SMILES string of the molecule is CCC(N)COCC1CCCCO1. The third kappa shape index (κ3) is 4.60. The van der Waals surface area contributed by atoms with E-state index in [-0.39, 0.29) is 6.04 Å². The molecule has 1 aliphatic heterocycles. The molecule has 0 radical (unpaired) electrons. The monoisotopic (exact) mass is 187 g/mol. The fourth-order valence-electron chi connectivity index (χ4n) is 1.41. The molecule has 0 amide bonds. The van der Waals surface area contributed by atoms with Crippen LogP contribution >= 0.6 is 0 Å². The zero-order valence-corrected chi connectivity index (χ0v) is 8.50. The molecule has 2 atom stereocenters. The van der Waals surface area contributed by atoms with Gasteiger partial charge in [-0.3, -0.25) is 0 Å². The summed E-state index contributed by atoms with van der Waals surface area (Å²) in [5, 5.41) is 0. The Morgan fingerprint density at radius 1 is 1.54 bits per heavy atom. The molecule has 0 aromatic carbocycles. The summed E-state index contributed by atoms with van der Waals surface area (Å²) in [6.45, 7) is 4.35. The summed E-state index contributed by atoms with van der Waals surface area (Å²) in [5.41, 5.74) is 5.72. The van der Waals surface area contributed by atoms with Gasteiger partial charge < -0.3 is 15.2 Å². The van der Waals surface area contributed by atoms with E-state index in [9.17, 15) is 0 Å². The first kappa shape index (κ1) is 11.0. The predicted molar refractivity (Wildman–Crippen MR) is 52.7 cm³/mol. The first-order chi connectivity index (χ1) is 6.33. The molecule has 1 fully saturated rings. The average molecular weight is 187 g/mol. The van der Waals surface area contributed by atoms with Crippen molar-refractivity contribution in [2.24, 2.45) is 5.73 Å². The van der Waals surface area contributed by atoms with Crippen LogP contribution in [0.4, 0.5) is 0 Å². The Balaban J connectivity index is 1.98. The van der Waals surface area contributed by atoms with Crippen molar-refractivity contribution < 1.29 is 9.47 Å². The highest BCUT2D eigenvalue weighted by Crippen LogP contribution is 2.12. The molecule has 0 spiro atoms. The van der Waals surface area contributed by atoms with E-state index in [2.05, 4.69) is 6.92 Å². The van der Waals surface area contributed by atoms with Crippen LogP contribution in [0.2, 0.25) is 0 Å². The lowest BCUT2D eigenvalue weighted by Gasteiger charge is -2.22. The van der Waals surface area contributed by atoms with Crippen LogP contribution in [0.5, 0.6) is 0 Å². The maximum Gasteiger partial charge on any atom is 0.0808 e. The van der Waals surface area contributed by atoms with E-state index < -0.39 is 0 Å². The van der Waals surface area contributed by atoms with Crippen LogP contribution in [0.25, 0.3) is 0 Å². The van der Waals surface area contributed by atoms with Gasteiger partial charge in [0, 0.05) is 12.6 Å². The van der Waals surface area contributed by atoms with Crippen LogP contribution in [0, 0.1) is 0 Å². The van der Waals surface area contributed by atoms with E-state index >= 15 is 0 Å². The van der Waals surface area contributed by atoms with E-state index in [1.807, 2.05) is 0 Å². The Labute approximate surface area is 80.6 Å². The normalized spacial score (nSPS) is 25.8. The minimum absolute atomic E-state index is 0.184. The molecule has 0 saturated carbocycles. The average Bonchev–Trinajstić information content (AvgIpc) is 2.19. The Hall–Kier alpha value is -0.120. The van der Waals surface area contributed by atoms with Gasteiger partial charge in [-0.1, -0.05) is 6.92 Å². The Morgan fingerprint density at radius 2 is 2.38 bits per heavy atom. The summed E-state index contributed by atoms with van der Waals surface area (Å²) >= 11 is 0. The van der Waals surface area contributed by atoms with Gasteiger partial charge in [0.15, 0.2) is 0 Å². The van der Waals surface area contributed by atoms with Crippen LogP contribution in [0.3, 0.4) is 0 Å². The van der Waals surface area contributed by atoms with E-state index in [1.165, 1.54) is 12.8 Å². The Bertz CT molecular complexity index is 124. The van der Waals surface area contributed by atoms with Crippen LogP contribution in [-0.2, 0) is 9.47 Å². The minimum atomic E-state index is 0.184. The number of hydrogen-bond acceptors (Lipinski definition) is 3. The third-order valence-electron chi connectivity index (χ3n) is 2.43. The fourth-order valence-corrected chi connectivity index (χ4v) is 1.41. The second-order valence-corrected chi connectivity index (χ2v) is 3.69. The van der Waals surface area contributed by atoms with Crippen molar-refractivity contribution in [2.75, 3.05) is 19.8 Å². The van der Waals surface area contributed by atoms with Gasteiger partial charge in [-0.05, 0) is 25.7 Å². The topological polar surface area (TPSA) is 44.5 Å². The second kappa shape index (κ2) is 6.35. The summed E-state index contributed by atoms with van der Waals surface area (Å²) in [6.07, 6.45) is 4.91. The first-order valence-electron chi connectivity index (χ1n) is 5.28. The molecule has 13 heavy (non-hydrogen) atoms. The maximum atomic E-state index is 5.72. The zero-order valence-electron chi connectivity index (χ0n) is 8.50. The van der Waals surface area contributed by atoms with E-state index in [1.54, 1.807) is 0 Å². The van der Waals surface area contributed by atoms with Crippen molar-refractivity contribution in [1.29, 1.82) is 0 Å². The van der Waals surface area contributed by atoms with Gasteiger partial charge in [0.1, 0.15) is 0 Å². The number of hydrogen-bond donors (Lipinski definition) is 1. The molecule has 1 saturated heterocycles. The lowest BCUT2D eigenvalue weighted by Crippen LogP contribution is -2.30. The van der Waals surface area contributed by atoms with Gasteiger partial charge in [0.25, 0.3) is 0 Å². The smallest absolute Gasteiger partial charge is 0.0808 e. The molecule has 0 aromatic rings. The standard InChI is InChI=1S/C10H21NO2/c1-2-9(11)7-12-8-10-5-3-4-6-13-10/h9-10H,2-8,11H2,1H3. The molecule has 1 aliphatic rings. The lowest BCUT2D eigenvalue weighted by atomic mass is 10.1. The summed E-state index contributed by atoms with van der Waals surface area (Å²) in [7, 11) is 0. The molecule has 0 bridgehead atoms. The van der Waals surface area contributed by atoms with Crippen LogP contribution in [-0.4, -0.2) is 32.0 Å². The van der Waals surface area contributed by atoms with Gasteiger partial charge in [0.05, 0.1) is 19.3 Å². The van der Waals surface area contributed by atoms with Crippen molar-refractivity contribution in [2.45, 2.75) is 44.8 Å². The fraction of sp³-hybridized carbons (Fsp3) is 1.00. The molecule has 0 aromatic heterocycles. The van der Waals surface area contributed by atoms with E-state index in [4.69, 9.17) is 15.2 Å². The number of rotatable bonds is 5. The largest absolute Gasteiger partial charge is 0.377 e. The van der Waals surface area contributed by atoms with Gasteiger partial charge in [-0.2, -0.15) is 0 Å².